The normalized spacial score (nSPS) is 11.5. The van der Waals surface area contributed by atoms with Gasteiger partial charge in [-0.25, -0.2) is 4.39 Å². The van der Waals surface area contributed by atoms with Crippen LogP contribution in [0.2, 0.25) is 10.0 Å². The number of carbonyl (C=O) groups is 2. The topological polar surface area (TPSA) is 58.6 Å². The highest BCUT2D eigenvalue weighted by molar-refractivity contribution is 6.36. The van der Waals surface area contributed by atoms with Gasteiger partial charge in [0.05, 0.1) is 0 Å². The highest BCUT2D eigenvalue weighted by Gasteiger charge is 2.31. The molecule has 0 radical (unpaired) electrons. The van der Waals surface area contributed by atoms with Gasteiger partial charge in [-0.15, -0.1) is 0 Å². The van der Waals surface area contributed by atoms with E-state index in [1.54, 1.807) is 18.2 Å². The first-order valence-corrected chi connectivity index (χ1v) is 12.1. The Morgan fingerprint density at radius 1 is 0.971 bits per heavy atom. The molecule has 0 heterocycles. The molecule has 184 valence electrons. The summed E-state index contributed by atoms with van der Waals surface area (Å²) in [5.41, 5.74) is 1.43. The van der Waals surface area contributed by atoms with Crippen molar-refractivity contribution in [2.45, 2.75) is 32.4 Å². The van der Waals surface area contributed by atoms with Crippen LogP contribution in [0.25, 0.3) is 0 Å². The minimum absolute atomic E-state index is 0.0150. The quantitative estimate of drug-likeness (QED) is 0.356. The van der Waals surface area contributed by atoms with Crippen LogP contribution in [0.4, 0.5) is 4.39 Å². The fourth-order valence-corrected chi connectivity index (χ4v) is 4.05. The number of nitrogens with one attached hydrogen (secondary N) is 1. The highest BCUT2D eigenvalue weighted by atomic mass is 35.5. The molecular formula is C27H27Cl2FN2O3. The monoisotopic (exact) mass is 516 g/mol. The molecule has 1 N–H and O–H groups in total. The first-order valence-electron chi connectivity index (χ1n) is 11.3. The fraction of sp³-hybridized carbons (Fsp3) is 0.259. The third kappa shape index (κ3) is 7.70. The molecule has 0 spiro atoms. The second kappa shape index (κ2) is 13.1. The summed E-state index contributed by atoms with van der Waals surface area (Å²) in [5, 5.41) is 3.68. The Hall–Kier alpha value is -3.09. The molecule has 0 aliphatic rings. The molecule has 35 heavy (non-hydrogen) atoms. The van der Waals surface area contributed by atoms with Crippen LogP contribution in [0.15, 0.2) is 72.8 Å². The van der Waals surface area contributed by atoms with E-state index in [4.69, 9.17) is 27.9 Å². The SMILES string of the molecule is CCCNC(=O)[C@@H](Cc1ccccc1)N(Cc1c(Cl)cccc1Cl)C(=O)COc1ccc(F)cc1. The van der Waals surface area contributed by atoms with Gasteiger partial charge in [0.15, 0.2) is 6.61 Å². The number of halogens is 3. The lowest BCUT2D eigenvalue weighted by atomic mass is 10.0. The molecule has 3 rings (SSSR count). The largest absolute Gasteiger partial charge is 0.484 e. The number of hydrogen-bond donors (Lipinski definition) is 1. The second-order valence-electron chi connectivity index (χ2n) is 7.96. The van der Waals surface area contributed by atoms with Crippen LogP contribution in [0, 0.1) is 5.82 Å². The number of ether oxygens (including phenoxy) is 1. The highest BCUT2D eigenvalue weighted by Crippen LogP contribution is 2.27. The molecule has 0 bridgehead atoms. The van der Waals surface area contributed by atoms with E-state index >= 15 is 0 Å². The van der Waals surface area contributed by atoms with Crippen molar-refractivity contribution in [1.29, 1.82) is 0 Å². The van der Waals surface area contributed by atoms with E-state index in [0.29, 0.717) is 34.3 Å². The van der Waals surface area contributed by atoms with Crippen molar-refractivity contribution in [2.24, 2.45) is 0 Å². The summed E-state index contributed by atoms with van der Waals surface area (Å²) in [6, 6.07) is 19.1. The van der Waals surface area contributed by atoms with Gasteiger partial charge in [0.2, 0.25) is 5.91 Å². The zero-order valence-corrected chi connectivity index (χ0v) is 20.9. The molecule has 0 saturated heterocycles. The van der Waals surface area contributed by atoms with Gasteiger partial charge < -0.3 is 15.0 Å². The number of hydrogen-bond acceptors (Lipinski definition) is 3. The van der Waals surface area contributed by atoms with E-state index in [9.17, 15) is 14.0 Å². The van der Waals surface area contributed by atoms with Crippen molar-refractivity contribution < 1.29 is 18.7 Å². The minimum atomic E-state index is -0.833. The van der Waals surface area contributed by atoms with Gasteiger partial charge in [0, 0.05) is 35.1 Å². The third-order valence-corrected chi connectivity index (χ3v) is 6.09. The Kier molecular flexibility index (Phi) is 9.94. The van der Waals surface area contributed by atoms with E-state index < -0.39 is 17.8 Å². The van der Waals surface area contributed by atoms with Gasteiger partial charge in [0.1, 0.15) is 17.6 Å². The molecule has 0 aromatic heterocycles. The lowest BCUT2D eigenvalue weighted by Gasteiger charge is -2.32. The molecule has 0 saturated carbocycles. The number of benzene rings is 3. The predicted molar refractivity (Wildman–Crippen MR) is 136 cm³/mol. The van der Waals surface area contributed by atoms with Crippen molar-refractivity contribution in [3.05, 3.63) is 99.8 Å². The Bertz CT molecular complexity index is 1110. The average molecular weight is 517 g/mol. The van der Waals surface area contributed by atoms with Gasteiger partial charge in [-0.3, -0.25) is 9.59 Å². The Balaban J connectivity index is 1.93. The van der Waals surface area contributed by atoms with Gasteiger partial charge in [0.25, 0.3) is 5.91 Å². The van der Waals surface area contributed by atoms with Gasteiger partial charge >= 0.3 is 0 Å². The Morgan fingerprint density at radius 3 is 2.26 bits per heavy atom. The Morgan fingerprint density at radius 2 is 1.63 bits per heavy atom. The maximum atomic E-state index is 13.5. The summed E-state index contributed by atoms with van der Waals surface area (Å²) < 4.78 is 18.8. The van der Waals surface area contributed by atoms with Crippen molar-refractivity contribution >= 4 is 35.0 Å². The smallest absolute Gasteiger partial charge is 0.261 e. The molecule has 0 aliphatic heterocycles. The van der Waals surface area contributed by atoms with Crippen LogP contribution in [0.3, 0.4) is 0 Å². The molecule has 3 aromatic carbocycles. The van der Waals surface area contributed by atoms with Crippen LogP contribution in [0.1, 0.15) is 24.5 Å². The van der Waals surface area contributed by atoms with Crippen LogP contribution in [0.5, 0.6) is 5.75 Å². The summed E-state index contributed by atoms with van der Waals surface area (Å²) in [4.78, 5) is 28.2. The van der Waals surface area contributed by atoms with E-state index in [-0.39, 0.29) is 19.1 Å². The molecule has 1 atom stereocenters. The number of nitrogens with zero attached hydrogens (tertiary/aromatic N) is 1. The maximum absolute atomic E-state index is 13.5. The lowest BCUT2D eigenvalue weighted by Crippen LogP contribution is -2.51. The second-order valence-corrected chi connectivity index (χ2v) is 8.78. The number of carbonyl (C=O) groups excluding carboxylic acids is 2. The van der Waals surface area contributed by atoms with E-state index in [1.165, 1.54) is 29.2 Å². The lowest BCUT2D eigenvalue weighted by molar-refractivity contribution is -0.142. The number of rotatable bonds is 11. The van der Waals surface area contributed by atoms with Crippen molar-refractivity contribution in [3.63, 3.8) is 0 Å². The molecular weight excluding hydrogens is 490 g/mol. The molecule has 5 nitrogen and oxygen atoms in total. The summed E-state index contributed by atoms with van der Waals surface area (Å²) in [7, 11) is 0. The maximum Gasteiger partial charge on any atom is 0.261 e. The van der Waals surface area contributed by atoms with Crippen LogP contribution in [-0.4, -0.2) is 35.9 Å². The van der Waals surface area contributed by atoms with Gasteiger partial charge in [-0.05, 0) is 48.4 Å². The molecule has 3 aromatic rings. The molecule has 0 fully saturated rings. The van der Waals surface area contributed by atoms with E-state index in [1.807, 2.05) is 37.3 Å². The van der Waals surface area contributed by atoms with Crippen LogP contribution >= 0.6 is 23.2 Å². The molecule has 2 amide bonds. The Labute approximate surface area is 214 Å². The van der Waals surface area contributed by atoms with Crippen LogP contribution in [-0.2, 0) is 22.6 Å². The van der Waals surface area contributed by atoms with Crippen molar-refractivity contribution in [2.75, 3.05) is 13.2 Å². The summed E-state index contributed by atoms with van der Waals surface area (Å²) in [6.45, 7) is 2.10. The summed E-state index contributed by atoms with van der Waals surface area (Å²) in [5.74, 6) is -0.786. The van der Waals surface area contributed by atoms with E-state index in [2.05, 4.69) is 5.32 Å². The average Bonchev–Trinajstić information content (AvgIpc) is 2.86. The molecule has 8 heteroatoms. The van der Waals surface area contributed by atoms with Crippen LogP contribution < -0.4 is 10.1 Å². The summed E-state index contributed by atoms with van der Waals surface area (Å²) in [6.07, 6.45) is 1.04. The fourth-order valence-electron chi connectivity index (χ4n) is 3.53. The first-order chi connectivity index (χ1) is 16.9. The van der Waals surface area contributed by atoms with Crippen molar-refractivity contribution in [1.82, 2.24) is 10.2 Å². The number of amides is 2. The molecule has 0 unspecified atom stereocenters. The minimum Gasteiger partial charge on any atom is -0.484 e. The zero-order valence-electron chi connectivity index (χ0n) is 19.3. The standard InChI is InChI=1S/C27H27Cl2FN2O3/c1-2-15-31-27(34)25(16-19-7-4-3-5-8-19)32(17-22-23(28)9-6-10-24(22)29)26(33)18-35-21-13-11-20(30)12-14-21/h3-14,25H,2,15-18H2,1H3,(H,31,34)/t25-/m1/s1. The zero-order chi connectivity index (χ0) is 25.2. The first kappa shape index (κ1) is 26.5. The van der Waals surface area contributed by atoms with Crippen molar-refractivity contribution in [3.8, 4) is 5.75 Å². The molecule has 0 aliphatic carbocycles. The summed E-state index contributed by atoms with van der Waals surface area (Å²) >= 11 is 12.8. The third-order valence-electron chi connectivity index (χ3n) is 5.39. The van der Waals surface area contributed by atoms with Gasteiger partial charge in [-0.1, -0.05) is 66.5 Å². The van der Waals surface area contributed by atoms with Gasteiger partial charge in [-0.2, -0.15) is 0 Å². The predicted octanol–water partition coefficient (Wildman–Crippen LogP) is 5.68. The van der Waals surface area contributed by atoms with E-state index in [0.717, 1.165) is 12.0 Å².